The highest BCUT2D eigenvalue weighted by Crippen LogP contribution is 2.45. The van der Waals surface area contributed by atoms with Crippen LogP contribution < -0.4 is 0 Å². The Morgan fingerprint density at radius 1 is 0.284 bits per heavy atom. The number of hydrogen-bond donors (Lipinski definition) is 3. The van der Waals surface area contributed by atoms with Crippen molar-refractivity contribution in [2.45, 2.75) is 356 Å². The Labute approximate surface area is 537 Å². The van der Waals surface area contributed by atoms with E-state index < -0.39 is 97.5 Å². The number of aliphatic hydroxyl groups is 1. The first-order chi connectivity index (χ1) is 42.1. The molecule has 0 spiro atoms. The number of carbonyl (C=O) groups is 4. The maximum atomic E-state index is 13.0. The molecule has 0 radical (unpaired) electrons. The third-order valence-electron chi connectivity index (χ3n) is 15.8. The molecule has 0 aliphatic carbocycles. The lowest BCUT2D eigenvalue weighted by atomic mass is 10.0. The average molecular weight is 1300 g/mol. The van der Waals surface area contributed by atoms with Gasteiger partial charge in [0.25, 0.3) is 0 Å². The molecule has 0 saturated heterocycles. The van der Waals surface area contributed by atoms with Gasteiger partial charge in [-0.05, 0) is 49.4 Å². The fourth-order valence-electron chi connectivity index (χ4n) is 10.3. The maximum absolute atomic E-state index is 13.0. The predicted molar refractivity (Wildman–Crippen MR) is 354 cm³/mol. The standard InChI is InChI=1S/C69H134O17P2/c1-59(2)45-37-29-21-15-11-9-10-12-17-25-35-43-51-68(73)86-65(56-80-67(72)50-42-34-28-27-32-40-48-62(7)8)58-84-88(77,78)82-54-63(70)53-81-87(75,76)83-57-64(55-79-66(71)49-41-33-24-20-19-23-31-39-47-61(5)6)85-69(74)52-44-36-26-18-14-13-16-22-30-38-46-60(3)4/h59-65,70H,9-58H2,1-8H3,(H,75,76)(H,77,78)/t63?,64-,65-/m1/s1. The number of hydrogen-bond acceptors (Lipinski definition) is 15. The summed E-state index contributed by atoms with van der Waals surface area (Å²) in [5, 5.41) is 10.6. The van der Waals surface area contributed by atoms with E-state index in [4.69, 9.17) is 37.0 Å². The largest absolute Gasteiger partial charge is 0.472 e. The molecule has 0 heterocycles. The molecule has 0 aromatic rings. The Balaban J connectivity index is 5.24. The molecular formula is C69H134O17P2. The second-order valence-corrected chi connectivity index (χ2v) is 29.7. The van der Waals surface area contributed by atoms with Crippen molar-refractivity contribution in [2.75, 3.05) is 39.6 Å². The smallest absolute Gasteiger partial charge is 0.462 e. The van der Waals surface area contributed by atoms with Crippen LogP contribution in [0.2, 0.25) is 0 Å². The van der Waals surface area contributed by atoms with Crippen molar-refractivity contribution in [2.24, 2.45) is 23.7 Å². The van der Waals surface area contributed by atoms with Crippen molar-refractivity contribution in [3.8, 4) is 0 Å². The molecule has 0 aliphatic rings. The second-order valence-electron chi connectivity index (χ2n) is 26.8. The van der Waals surface area contributed by atoms with Crippen LogP contribution in [-0.2, 0) is 65.4 Å². The van der Waals surface area contributed by atoms with E-state index in [-0.39, 0.29) is 25.7 Å². The monoisotopic (exact) mass is 1300 g/mol. The summed E-state index contributed by atoms with van der Waals surface area (Å²) < 4.78 is 68.2. The molecule has 17 nitrogen and oxygen atoms in total. The molecule has 0 fully saturated rings. The Hall–Kier alpha value is -1.94. The van der Waals surface area contributed by atoms with Gasteiger partial charge in [-0.25, -0.2) is 9.13 Å². The molecule has 0 amide bonds. The van der Waals surface area contributed by atoms with Crippen molar-refractivity contribution in [1.82, 2.24) is 0 Å². The van der Waals surface area contributed by atoms with Crippen LogP contribution in [0.4, 0.5) is 0 Å². The molecular weight excluding hydrogens is 1160 g/mol. The van der Waals surface area contributed by atoms with Crippen LogP contribution >= 0.6 is 15.6 Å². The van der Waals surface area contributed by atoms with E-state index in [1.54, 1.807) is 0 Å². The summed E-state index contributed by atoms with van der Waals surface area (Å²) in [5.74, 6) is 0.802. The average Bonchev–Trinajstić information content (AvgIpc) is 3.46. The van der Waals surface area contributed by atoms with Crippen molar-refractivity contribution >= 4 is 39.5 Å². The van der Waals surface area contributed by atoms with Gasteiger partial charge in [0.15, 0.2) is 12.2 Å². The zero-order valence-corrected chi connectivity index (χ0v) is 59.1. The fourth-order valence-corrected chi connectivity index (χ4v) is 11.9. The minimum absolute atomic E-state index is 0.105. The molecule has 0 aromatic carbocycles. The van der Waals surface area contributed by atoms with E-state index in [0.29, 0.717) is 31.6 Å². The van der Waals surface area contributed by atoms with E-state index in [2.05, 4.69) is 55.4 Å². The molecule has 3 N–H and O–H groups in total. The van der Waals surface area contributed by atoms with E-state index in [9.17, 15) is 43.2 Å². The van der Waals surface area contributed by atoms with Crippen molar-refractivity contribution in [3.05, 3.63) is 0 Å². The lowest BCUT2D eigenvalue weighted by molar-refractivity contribution is -0.161. The number of unbranched alkanes of at least 4 members (excludes halogenated alkanes) is 32. The summed E-state index contributed by atoms with van der Waals surface area (Å²) in [7, 11) is -9.90. The molecule has 522 valence electrons. The van der Waals surface area contributed by atoms with Gasteiger partial charge >= 0.3 is 39.5 Å². The fraction of sp³-hybridized carbons (Fsp3) is 0.942. The van der Waals surface area contributed by atoms with Gasteiger partial charge in [0.2, 0.25) is 0 Å². The number of ether oxygens (including phenoxy) is 4. The van der Waals surface area contributed by atoms with Crippen molar-refractivity contribution < 1.29 is 80.2 Å². The first-order valence-corrected chi connectivity index (χ1v) is 38.7. The third-order valence-corrected chi connectivity index (χ3v) is 17.7. The summed E-state index contributed by atoms with van der Waals surface area (Å²) in [5.41, 5.74) is 0. The first kappa shape index (κ1) is 86.1. The summed E-state index contributed by atoms with van der Waals surface area (Å²) in [6.45, 7) is 14.0. The number of phosphoric ester groups is 2. The molecule has 19 heteroatoms. The van der Waals surface area contributed by atoms with E-state index in [1.165, 1.54) is 135 Å². The van der Waals surface area contributed by atoms with Gasteiger partial charge in [0, 0.05) is 25.7 Å². The molecule has 3 unspecified atom stereocenters. The Kier molecular flexibility index (Phi) is 57.6. The van der Waals surface area contributed by atoms with Gasteiger partial charge in [-0.1, -0.05) is 287 Å². The predicted octanol–water partition coefficient (Wildman–Crippen LogP) is 19.3. The molecule has 0 rings (SSSR count). The summed E-state index contributed by atoms with van der Waals surface area (Å²) >= 11 is 0. The van der Waals surface area contributed by atoms with E-state index >= 15 is 0 Å². The normalized spacial score (nSPS) is 14.3. The number of rotatable bonds is 66. The zero-order valence-electron chi connectivity index (χ0n) is 57.3. The summed E-state index contributed by atoms with van der Waals surface area (Å²) in [6.07, 6.45) is 40.5. The highest BCUT2D eigenvalue weighted by molar-refractivity contribution is 7.47. The number of esters is 4. The summed E-state index contributed by atoms with van der Waals surface area (Å²) in [6, 6.07) is 0. The molecule has 88 heavy (non-hydrogen) atoms. The van der Waals surface area contributed by atoms with Crippen LogP contribution in [0.1, 0.15) is 338 Å². The molecule has 0 bridgehead atoms. The van der Waals surface area contributed by atoms with Gasteiger partial charge in [-0.3, -0.25) is 37.3 Å². The SMILES string of the molecule is CC(C)CCCCCCCCCCCCCCC(=O)O[C@H](COC(=O)CCCCCCCCC(C)C)COP(=O)(O)OCC(O)COP(=O)(O)OC[C@@H](COC(=O)CCCCCCCCCCC(C)C)OC(=O)CCCCCCCCCCCCC(C)C. The number of carbonyl (C=O) groups excluding carboxylic acids is 4. The van der Waals surface area contributed by atoms with E-state index in [0.717, 1.165) is 114 Å². The molecule has 0 aliphatic heterocycles. The van der Waals surface area contributed by atoms with Crippen LogP contribution in [-0.4, -0.2) is 96.7 Å². The lowest BCUT2D eigenvalue weighted by Gasteiger charge is -2.21. The Morgan fingerprint density at radius 2 is 0.477 bits per heavy atom. The first-order valence-electron chi connectivity index (χ1n) is 35.7. The van der Waals surface area contributed by atoms with Gasteiger partial charge < -0.3 is 33.8 Å². The lowest BCUT2D eigenvalue weighted by Crippen LogP contribution is -2.30. The highest BCUT2D eigenvalue weighted by Gasteiger charge is 2.30. The maximum Gasteiger partial charge on any atom is 0.472 e. The number of aliphatic hydroxyl groups excluding tert-OH is 1. The van der Waals surface area contributed by atoms with Crippen LogP contribution in [0.5, 0.6) is 0 Å². The van der Waals surface area contributed by atoms with Crippen LogP contribution in [0.3, 0.4) is 0 Å². The van der Waals surface area contributed by atoms with Gasteiger partial charge in [0.1, 0.15) is 19.3 Å². The van der Waals surface area contributed by atoms with Crippen molar-refractivity contribution in [3.63, 3.8) is 0 Å². The Morgan fingerprint density at radius 3 is 0.705 bits per heavy atom. The minimum Gasteiger partial charge on any atom is -0.462 e. The topological polar surface area (TPSA) is 237 Å². The van der Waals surface area contributed by atoms with Gasteiger partial charge in [-0.15, -0.1) is 0 Å². The van der Waals surface area contributed by atoms with E-state index in [1.807, 2.05) is 0 Å². The van der Waals surface area contributed by atoms with Crippen LogP contribution in [0.15, 0.2) is 0 Å². The Bertz CT molecular complexity index is 1750. The highest BCUT2D eigenvalue weighted by atomic mass is 31.2. The number of phosphoric acid groups is 2. The summed E-state index contributed by atoms with van der Waals surface area (Å²) in [4.78, 5) is 72.5. The minimum atomic E-state index is -4.95. The molecule has 0 saturated carbocycles. The van der Waals surface area contributed by atoms with Gasteiger partial charge in [0.05, 0.1) is 26.4 Å². The third kappa shape index (κ3) is 62.8. The quantitative estimate of drug-likeness (QED) is 0.0222. The van der Waals surface area contributed by atoms with Gasteiger partial charge in [-0.2, -0.15) is 0 Å². The zero-order chi connectivity index (χ0) is 65.4. The van der Waals surface area contributed by atoms with Crippen molar-refractivity contribution in [1.29, 1.82) is 0 Å². The molecule has 0 aromatic heterocycles. The second kappa shape index (κ2) is 58.8. The van der Waals surface area contributed by atoms with Crippen LogP contribution in [0.25, 0.3) is 0 Å². The van der Waals surface area contributed by atoms with Crippen LogP contribution in [0, 0.1) is 23.7 Å². The molecule has 5 atom stereocenters.